The first-order valence-electron chi connectivity index (χ1n) is 5.05. The first kappa shape index (κ1) is 16.9. The van der Waals surface area contributed by atoms with Crippen LogP contribution in [0.25, 0.3) is 16.5 Å². The molecule has 0 aliphatic carbocycles. The number of hydrogen-bond acceptors (Lipinski definition) is 3. The van der Waals surface area contributed by atoms with Crippen LogP contribution in [0.1, 0.15) is 11.3 Å². The topological polar surface area (TPSA) is 62.8 Å². The van der Waals surface area contributed by atoms with E-state index >= 15 is 0 Å². The Balaban J connectivity index is 0.00000144. The van der Waals surface area contributed by atoms with Crippen LogP contribution in [-0.4, -0.2) is 11.2 Å². The molecule has 3 N–H and O–H groups in total. The molecule has 3 nitrogen and oxygen atoms in total. The average molecular weight is 315 g/mol. The van der Waals surface area contributed by atoms with E-state index in [1.54, 1.807) is 0 Å². The van der Waals surface area contributed by atoms with Gasteiger partial charge in [0, 0.05) is 61.8 Å². The minimum Gasteiger partial charge on any atom is -0.404 e. The normalized spacial score (nSPS) is 10.4. The van der Waals surface area contributed by atoms with Gasteiger partial charge in [-0.3, -0.25) is 4.98 Å². The van der Waals surface area contributed by atoms with Gasteiger partial charge in [-0.1, -0.05) is 12.1 Å². The van der Waals surface area contributed by atoms with Crippen LogP contribution in [0.2, 0.25) is 0 Å². The maximum atomic E-state index is 7.25. The number of rotatable bonds is 2. The summed E-state index contributed by atoms with van der Waals surface area (Å²) in [7, 11) is 0. The molecule has 0 aliphatic rings. The summed E-state index contributed by atoms with van der Waals surface area (Å²) in [6, 6.07) is 9.87. The molecule has 1 radical (unpaired) electrons. The average Bonchev–Trinajstić information content (AvgIpc) is 2.31. The number of fused-ring (bicyclic) bond motifs is 1. The van der Waals surface area contributed by atoms with Crippen LogP contribution in [0.5, 0.6) is 0 Å². The van der Waals surface area contributed by atoms with Crippen molar-refractivity contribution in [1.82, 2.24) is 4.98 Å². The first-order chi connectivity index (χ1) is 7.74. The van der Waals surface area contributed by atoms with Crippen LogP contribution >= 0.6 is 0 Å². The van der Waals surface area contributed by atoms with Gasteiger partial charge in [-0.25, -0.2) is 0 Å². The zero-order chi connectivity index (χ0) is 11.5. The molecule has 91 valence electrons. The summed E-state index contributed by atoms with van der Waals surface area (Å²) < 4.78 is 0. The van der Waals surface area contributed by atoms with Gasteiger partial charge in [-0.15, -0.1) is 0 Å². The van der Waals surface area contributed by atoms with E-state index < -0.39 is 0 Å². The molecule has 2 aromatic rings. The minimum atomic E-state index is 0. The fourth-order valence-corrected chi connectivity index (χ4v) is 1.63. The van der Waals surface area contributed by atoms with Crippen LogP contribution in [0, 0.1) is 19.8 Å². The van der Waals surface area contributed by atoms with Gasteiger partial charge in [0.25, 0.3) is 0 Å². The monoisotopic (exact) mass is 315 g/mol. The van der Waals surface area contributed by atoms with E-state index in [2.05, 4.69) is 4.98 Å². The maximum absolute atomic E-state index is 7.25. The summed E-state index contributed by atoms with van der Waals surface area (Å²) in [5, 5.41) is 8.31. The summed E-state index contributed by atoms with van der Waals surface area (Å²) >= 11 is 0. The Kier molecular flexibility index (Phi) is 6.96. The van der Waals surface area contributed by atoms with Crippen LogP contribution < -0.4 is 5.73 Å². The van der Waals surface area contributed by atoms with Crippen LogP contribution in [-0.2, 0) is 32.7 Å². The van der Waals surface area contributed by atoms with Gasteiger partial charge in [0.05, 0.1) is 5.52 Å². The maximum Gasteiger partial charge on any atom is 0.0705 e. The second kappa shape index (κ2) is 7.39. The van der Waals surface area contributed by atoms with Gasteiger partial charge < -0.3 is 18.6 Å². The molecule has 0 saturated heterocycles. The van der Waals surface area contributed by atoms with Gasteiger partial charge in [0.15, 0.2) is 0 Å². The number of nitrogens with zero attached hydrogens (tertiary/aromatic N) is 1. The molecule has 1 aromatic heterocycles. The van der Waals surface area contributed by atoms with Crippen LogP contribution in [0.3, 0.4) is 0 Å². The molecule has 0 amide bonds. The molecule has 0 spiro atoms. The molecule has 0 fully saturated rings. The second-order valence-electron chi connectivity index (χ2n) is 3.63. The van der Waals surface area contributed by atoms with Crippen molar-refractivity contribution in [2.45, 2.75) is 6.92 Å². The Labute approximate surface area is 133 Å². The van der Waals surface area contributed by atoms with E-state index in [9.17, 15) is 0 Å². The van der Waals surface area contributed by atoms with Crippen molar-refractivity contribution in [2.75, 3.05) is 0 Å². The SMILES string of the molecule is Cc1ccc2cc(/C(C=N)=C/N)ccc2n1.[CH3-].[Y]. The zero-order valence-electron chi connectivity index (χ0n) is 10.6. The Hall–Kier alpha value is -1.06. The van der Waals surface area contributed by atoms with E-state index in [0.717, 1.165) is 22.2 Å². The zero-order valence-corrected chi connectivity index (χ0v) is 13.5. The minimum absolute atomic E-state index is 0. The number of allylic oxidation sites excluding steroid dienone is 1. The molecular formula is C14H16N3Y-. The molecule has 0 unspecified atom stereocenters. The number of aryl methyl sites for hydroxylation is 1. The van der Waals surface area contributed by atoms with E-state index in [-0.39, 0.29) is 40.1 Å². The van der Waals surface area contributed by atoms with Gasteiger partial charge >= 0.3 is 0 Å². The Bertz CT molecular complexity index is 576. The fraction of sp³-hybridized carbons (Fsp3) is 0.0714. The third-order valence-corrected chi connectivity index (χ3v) is 2.50. The number of benzene rings is 1. The van der Waals surface area contributed by atoms with E-state index in [1.807, 2.05) is 37.3 Å². The summed E-state index contributed by atoms with van der Waals surface area (Å²) in [6.07, 6.45) is 2.69. The largest absolute Gasteiger partial charge is 0.404 e. The smallest absolute Gasteiger partial charge is 0.0705 e. The standard InChI is InChI=1S/C13H13N3.CH3.Y/c1-9-2-3-11-6-10(12(7-14)8-15)4-5-13(11)16-9;;/h2-8,14H,15H2,1H3;1H3;/q;-1;/b12-8+,14-7?;;. The molecule has 0 aliphatic heterocycles. The summed E-state index contributed by atoms with van der Waals surface area (Å²) in [5.41, 5.74) is 9.07. The Morgan fingerprint density at radius 2 is 2.00 bits per heavy atom. The molecule has 1 heterocycles. The van der Waals surface area contributed by atoms with Gasteiger partial charge in [0.2, 0.25) is 0 Å². The molecular weight excluding hydrogens is 299 g/mol. The predicted octanol–water partition coefficient (Wildman–Crippen LogP) is 2.94. The van der Waals surface area contributed by atoms with Crippen molar-refractivity contribution in [2.24, 2.45) is 5.73 Å². The van der Waals surface area contributed by atoms with Crippen molar-refractivity contribution in [3.8, 4) is 0 Å². The first-order valence-corrected chi connectivity index (χ1v) is 5.05. The van der Waals surface area contributed by atoms with E-state index in [4.69, 9.17) is 11.1 Å². The molecule has 0 bridgehead atoms. The number of pyridine rings is 1. The molecule has 1 aromatic carbocycles. The van der Waals surface area contributed by atoms with Gasteiger partial charge in [-0.05, 0) is 30.7 Å². The number of nitrogens with one attached hydrogen (secondary N) is 1. The van der Waals surface area contributed by atoms with Crippen molar-refractivity contribution >= 4 is 22.7 Å². The summed E-state index contributed by atoms with van der Waals surface area (Å²) in [6.45, 7) is 1.97. The third-order valence-electron chi connectivity index (χ3n) is 2.50. The van der Waals surface area contributed by atoms with Crippen LogP contribution in [0.4, 0.5) is 0 Å². The Morgan fingerprint density at radius 1 is 1.28 bits per heavy atom. The van der Waals surface area contributed by atoms with Gasteiger partial charge in [-0.2, -0.15) is 0 Å². The molecule has 0 saturated carbocycles. The van der Waals surface area contributed by atoms with Crippen molar-refractivity contribution < 1.29 is 32.7 Å². The predicted molar refractivity (Wildman–Crippen MR) is 73.8 cm³/mol. The summed E-state index contributed by atoms with van der Waals surface area (Å²) in [4.78, 5) is 4.42. The Morgan fingerprint density at radius 3 is 2.61 bits per heavy atom. The van der Waals surface area contributed by atoms with Crippen molar-refractivity contribution in [1.29, 1.82) is 5.41 Å². The summed E-state index contributed by atoms with van der Waals surface area (Å²) in [5.74, 6) is 0. The van der Waals surface area contributed by atoms with E-state index in [0.29, 0.717) is 5.57 Å². The third kappa shape index (κ3) is 3.47. The van der Waals surface area contributed by atoms with Crippen molar-refractivity contribution in [3.05, 3.63) is 55.2 Å². The van der Waals surface area contributed by atoms with Crippen molar-refractivity contribution in [3.63, 3.8) is 0 Å². The molecule has 4 heteroatoms. The number of aromatic nitrogens is 1. The second-order valence-corrected chi connectivity index (χ2v) is 3.63. The molecule has 2 rings (SSSR count). The molecule has 0 atom stereocenters. The van der Waals surface area contributed by atoms with Gasteiger partial charge in [0.1, 0.15) is 0 Å². The quantitative estimate of drug-likeness (QED) is 0.661. The molecule has 18 heavy (non-hydrogen) atoms. The van der Waals surface area contributed by atoms with E-state index in [1.165, 1.54) is 12.4 Å². The number of hydrogen-bond donors (Lipinski definition) is 2. The van der Waals surface area contributed by atoms with Crippen LogP contribution in [0.15, 0.2) is 36.5 Å². The fourth-order valence-electron chi connectivity index (χ4n) is 1.63. The number of nitrogens with two attached hydrogens (primary N) is 1.